The van der Waals surface area contributed by atoms with Crippen LogP contribution in [0.15, 0.2) is 47.8 Å². The predicted molar refractivity (Wildman–Crippen MR) is 102 cm³/mol. The molecule has 4 nitrogen and oxygen atoms in total. The van der Waals surface area contributed by atoms with Gasteiger partial charge in [0.1, 0.15) is 0 Å². The normalized spacial score (nSPS) is 12.1. The minimum absolute atomic E-state index is 0.000836. The quantitative estimate of drug-likeness (QED) is 0.691. The Kier molecular flexibility index (Phi) is 5.56. The number of nitrogens with zero attached hydrogens (tertiary/aromatic N) is 2. The van der Waals surface area contributed by atoms with Gasteiger partial charge in [-0.1, -0.05) is 29.8 Å². The third kappa shape index (κ3) is 4.50. The molecule has 0 saturated heterocycles. The average Bonchev–Trinajstić information content (AvgIpc) is 3.21. The fraction of sp³-hybridized carbons (Fsp3) is 0.263. The molecule has 1 unspecified atom stereocenters. The molecule has 1 aromatic carbocycles. The van der Waals surface area contributed by atoms with Gasteiger partial charge in [0.25, 0.3) is 0 Å². The second-order valence-corrected chi connectivity index (χ2v) is 7.38. The third-order valence-electron chi connectivity index (χ3n) is 3.99. The first kappa shape index (κ1) is 17.7. The largest absolute Gasteiger partial charge is 0.344 e. The molecule has 0 bridgehead atoms. The number of carbonyl (C=O) groups is 1. The van der Waals surface area contributed by atoms with Gasteiger partial charge in [0.2, 0.25) is 5.91 Å². The lowest BCUT2D eigenvalue weighted by Gasteiger charge is -2.18. The molecule has 1 amide bonds. The number of amides is 1. The minimum atomic E-state index is -0.162. The SMILES string of the molecule is Cc1cc(C)n(CCC(=O)NC(c2ccc(Cl)cc2)c2cccs2)n1. The van der Waals surface area contributed by atoms with Gasteiger partial charge in [-0.15, -0.1) is 11.3 Å². The number of rotatable bonds is 6. The predicted octanol–water partition coefficient (Wildman–Crippen LogP) is 4.51. The molecule has 0 fully saturated rings. The van der Waals surface area contributed by atoms with Gasteiger partial charge in [-0.3, -0.25) is 9.48 Å². The lowest BCUT2D eigenvalue weighted by Crippen LogP contribution is -2.29. The Balaban J connectivity index is 1.70. The van der Waals surface area contributed by atoms with Crippen molar-refractivity contribution < 1.29 is 4.79 Å². The molecule has 0 aliphatic rings. The maximum Gasteiger partial charge on any atom is 0.222 e. The smallest absolute Gasteiger partial charge is 0.222 e. The van der Waals surface area contributed by atoms with Crippen molar-refractivity contribution in [2.45, 2.75) is 32.9 Å². The molecule has 6 heteroatoms. The lowest BCUT2D eigenvalue weighted by atomic mass is 10.1. The van der Waals surface area contributed by atoms with Crippen LogP contribution in [-0.4, -0.2) is 15.7 Å². The summed E-state index contributed by atoms with van der Waals surface area (Å²) in [7, 11) is 0. The highest BCUT2D eigenvalue weighted by atomic mass is 35.5. The summed E-state index contributed by atoms with van der Waals surface area (Å²) in [5.41, 5.74) is 3.06. The molecule has 2 heterocycles. The third-order valence-corrected chi connectivity index (χ3v) is 5.18. The van der Waals surface area contributed by atoms with Crippen LogP contribution in [0.3, 0.4) is 0 Å². The Morgan fingerprint density at radius 3 is 2.64 bits per heavy atom. The van der Waals surface area contributed by atoms with Crippen LogP contribution < -0.4 is 5.32 Å². The molecule has 2 aromatic heterocycles. The Bertz CT molecular complexity index is 840. The Morgan fingerprint density at radius 1 is 1.28 bits per heavy atom. The summed E-state index contributed by atoms with van der Waals surface area (Å²) >= 11 is 7.61. The van der Waals surface area contributed by atoms with Crippen molar-refractivity contribution in [3.63, 3.8) is 0 Å². The zero-order valence-corrected chi connectivity index (χ0v) is 15.8. The van der Waals surface area contributed by atoms with Crippen LogP contribution in [0.2, 0.25) is 5.02 Å². The van der Waals surface area contributed by atoms with Gasteiger partial charge < -0.3 is 5.32 Å². The van der Waals surface area contributed by atoms with E-state index >= 15 is 0 Å². The van der Waals surface area contributed by atoms with Crippen molar-refractivity contribution in [2.24, 2.45) is 0 Å². The Labute approximate surface area is 156 Å². The first-order valence-corrected chi connectivity index (χ1v) is 9.38. The summed E-state index contributed by atoms with van der Waals surface area (Å²) in [6, 6.07) is 13.5. The topological polar surface area (TPSA) is 46.9 Å². The van der Waals surface area contributed by atoms with Gasteiger partial charge in [0, 0.05) is 28.6 Å². The Hall–Kier alpha value is -2.11. The van der Waals surface area contributed by atoms with Crippen LogP contribution in [0.25, 0.3) is 0 Å². The van der Waals surface area contributed by atoms with Crippen LogP contribution in [0.4, 0.5) is 0 Å². The number of thiophene rings is 1. The average molecular weight is 374 g/mol. The molecule has 0 radical (unpaired) electrons. The van der Waals surface area contributed by atoms with Crippen molar-refractivity contribution in [3.8, 4) is 0 Å². The Morgan fingerprint density at radius 2 is 2.04 bits per heavy atom. The van der Waals surface area contributed by atoms with Crippen LogP contribution >= 0.6 is 22.9 Å². The van der Waals surface area contributed by atoms with Crippen LogP contribution in [0.1, 0.15) is 34.3 Å². The molecule has 0 aliphatic heterocycles. The first-order valence-electron chi connectivity index (χ1n) is 8.12. The number of halogens is 1. The summed E-state index contributed by atoms with van der Waals surface area (Å²) in [5, 5.41) is 10.2. The lowest BCUT2D eigenvalue weighted by molar-refractivity contribution is -0.121. The zero-order valence-electron chi connectivity index (χ0n) is 14.2. The van der Waals surface area contributed by atoms with E-state index in [0.29, 0.717) is 18.0 Å². The van der Waals surface area contributed by atoms with Crippen molar-refractivity contribution in [3.05, 3.63) is 74.7 Å². The van der Waals surface area contributed by atoms with Crippen molar-refractivity contribution in [1.29, 1.82) is 0 Å². The summed E-state index contributed by atoms with van der Waals surface area (Å²) in [5.74, 6) is 0.000836. The number of nitrogens with one attached hydrogen (secondary N) is 1. The standard InChI is InChI=1S/C19H20ClN3OS/c1-13-12-14(2)23(22-13)10-9-18(24)21-19(17-4-3-11-25-17)15-5-7-16(20)8-6-15/h3-8,11-12,19H,9-10H2,1-2H3,(H,21,24). The second-order valence-electron chi connectivity index (χ2n) is 5.97. The number of hydrogen-bond donors (Lipinski definition) is 1. The fourth-order valence-electron chi connectivity index (χ4n) is 2.77. The van der Waals surface area contributed by atoms with E-state index in [9.17, 15) is 4.79 Å². The molecular formula is C19H20ClN3OS. The molecule has 0 spiro atoms. The number of aryl methyl sites for hydroxylation is 3. The minimum Gasteiger partial charge on any atom is -0.344 e. The highest BCUT2D eigenvalue weighted by Gasteiger charge is 2.18. The van der Waals surface area contributed by atoms with Crippen molar-refractivity contribution >= 4 is 28.8 Å². The number of hydrogen-bond acceptors (Lipinski definition) is 3. The van der Waals surface area contributed by atoms with E-state index in [1.54, 1.807) is 11.3 Å². The van der Waals surface area contributed by atoms with E-state index in [0.717, 1.165) is 21.8 Å². The second kappa shape index (κ2) is 7.85. The van der Waals surface area contributed by atoms with E-state index in [1.165, 1.54) is 0 Å². The maximum absolute atomic E-state index is 12.5. The molecule has 3 aromatic rings. The highest BCUT2D eigenvalue weighted by Crippen LogP contribution is 2.27. The molecule has 0 aliphatic carbocycles. The summed E-state index contributed by atoms with van der Waals surface area (Å²) < 4.78 is 1.87. The summed E-state index contributed by atoms with van der Waals surface area (Å²) in [6.45, 7) is 4.53. The van der Waals surface area contributed by atoms with Gasteiger partial charge in [-0.2, -0.15) is 5.10 Å². The number of benzene rings is 1. The first-order chi connectivity index (χ1) is 12.0. The van der Waals surface area contributed by atoms with Crippen LogP contribution in [0.5, 0.6) is 0 Å². The summed E-state index contributed by atoms with van der Waals surface area (Å²) in [6.07, 6.45) is 0.386. The van der Waals surface area contributed by atoms with Gasteiger partial charge in [-0.05, 0) is 49.1 Å². The zero-order chi connectivity index (χ0) is 17.8. The van der Waals surface area contributed by atoms with E-state index in [4.69, 9.17) is 11.6 Å². The monoisotopic (exact) mass is 373 g/mol. The maximum atomic E-state index is 12.5. The number of carbonyl (C=O) groups excluding carboxylic acids is 1. The molecule has 0 saturated carbocycles. The van der Waals surface area contributed by atoms with Crippen LogP contribution in [-0.2, 0) is 11.3 Å². The van der Waals surface area contributed by atoms with Crippen molar-refractivity contribution in [1.82, 2.24) is 15.1 Å². The van der Waals surface area contributed by atoms with E-state index in [2.05, 4.69) is 10.4 Å². The highest BCUT2D eigenvalue weighted by molar-refractivity contribution is 7.10. The van der Waals surface area contributed by atoms with Gasteiger partial charge in [-0.25, -0.2) is 0 Å². The molecule has 3 rings (SSSR count). The van der Waals surface area contributed by atoms with Crippen molar-refractivity contribution in [2.75, 3.05) is 0 Å². The summed E-state index contributed by atoms with van der Waals surface area (Å²) in [4.78, 5) is 13.6. The molecule has 1 atom stereocenters. The molecular weight excluding hydrogens is 354 g/mol. The van der Waals surface area contributed by atoms with E-state index in [-0.39, 0.29) is 11.9 Å². The van der Waals surface area contributed by atoms with Gasteiger partial charge >= 0.3 is 0 Å². The number of aromatic nitrogens is 2. The van der Waals surface area contributed by atoms with Crippen LogP contribution in [0, 0.1) is 13.8 Å². The van der Waals surface area contributed by atoms with E-state index < -0.39 is 0 Å². The molecule has 1 N–H and O–H groups in total. The van der Waals surface area contributed by atoms with Gasteiger partial charge in [0.05, 0.1) is 11.7 Å². The van der Waals surface area contributed by atoms with Gasteiger partial charge in [0.15, 0.2) is 0 Å². The van der Waals surface area contributed by atoms with E-state index in [1.807, 2.05) is 66.4 Å². The molecule has 130 valence electrons. The fourth-order valence-corrected chi connectivity index (χ4v) is 3.70. The molecule has 25 heavy (non-hydrogen) atoms.